The molecule has 0 fully saturated rings. The Bertz CT molecular complexity index is 1190. The molecule has 0 atom stereocenters. The minimum atomic E-state index is -0.279. The molecule has 2 N–H and O–H groups in total. The Balaban J connectivity index is 1.37. The number of hydrogen-bond acceptors (Lipinski definition) is 4. The van der Waals surface area contributed by atoms with Crippen LogP contribution in [0.1, 0.15) is 15.9 Å². The summed E-state index contributed by atoms with van der Waals surface area (Å²) in [5.74, 6) is -0.303. The molecule has 2 amide bonds. The zero-order chi connectivity index (χ0) is 22.2. The van der Waals surface area contributed by atoms with Crippen molar-refractivity contribution in [2.75, 3.05) is 16.4 Å². The molecule has 0 saturated carbocycles. The number of para-hydroxylation sites is 2. The van der Waals surface area contributed by atoms with E-state index in [2.05, 4.69) is 27.8 Å². The Morgan fingerprint density at radius 1 is 0.844 bits per heavy atom. The molecule has 0 bridgehead atoms. The molecule has 3 aromatic carbocycles. The van der Waals surface area contributed by atoms with E-state index >= 15 is 0 Å². The first-order valence-corrected chi connectivity index (χ1v) is 11.1. The predicted molar refractivity (Wildman–Crippen MR) is 128 cm³/mol. The third-order valence-corrected chi connectivity index (χ3v) is 5.69. The van der Waals surface area contributed by atoms with E-state index in [0.29, 0.717) is 23.5 Å². The lowest BCUT2D eigenvalue weighted by atomic mass is 10.1. The highest BCUT2D eigenvalue weighted by Gasteiger charge is 2.14. The summed E-state index contributed by atoms with van der Waals surface area (Å²) in [4.78, 5) is 29.7. The van der Waals surface area contributed by atoms with E-state index < -0.39 is 0 Å². The van der Waals surface area contributed by atoms with Crippen molar-refractivity contribution in [2.24, 2.45) is 0 Å². The van der Waals surface area contributed by atoms with E-state index in [1.54, 1.807) is 30.5 Å². The normalized spacial score (nSPS) is 10.5. The Kier molecular flexibility index (Phi) is 6.99. The van der Waals surface area contributed by atoms with Gasteiger partial charge in [-0.25, -0.2) is 4.98 Å². The molecular formula is C25H22N4O2S. The van der Waals surface area contributed by atoms with Crippen LogP contribution in [0.5, 0.6) is 0 Å². The molecule has 160 valence electrons. The lowest BCUT2D eigenvalue weighted by molar-refractivity contribution is -0.113. The maximum absolute atomic E-state index is 12.7. The maximum atomic E-state index is 12.7. The fourth-order valence-electron chi connectivity index (χ4n) is 3.16. The molecule has 6 nitrogen and oxygen atoms in total. The number of imidazole rings is 1. The summed E-state index contributed by atoms with van der Waals surface area (Å²) >= 11 is 1.36. The average molecular weight is 443 g/mol. The lowest BCUT2D eigenvalue weighted by Crippen LogP contribution is -2.19. The van der Waals surface area contributed by atoms with Gasteiger partial charge in [0, 0.05) is 24.6 Å². The fourth-order valence-corrected chi connectivity index (χ4v) is 3.92. The van der Waals surface area contributed by atoms with Crippen LogP contribution in [0.4, 0.5) is 11.4 Å². The van der Waals surface area contributed by atoms with Crippen molar-refractivity contribution in [3.63, 3.8) is 0 Å². The van der Waals surface area contributed by atoms with Gasteiger partial charge in [-0.1, -0.05) is 72.4 Å². The summed E-state index contributed by atoms with van der Waals surface area (Å²) in [6.07, 6.45) is 3.63. The van der Waals surface area contributed by atoms with E-state index in [1.165, 1.54) is 11.8 Å². The van der Waals surface area contributed by atoms with Crippen molar-refractivity contribution in [2.45, 2.75) is 11.7 Å². The van der Waals surface area contributed by atoms with Gasteiger partial charge in [0.05, 0.1) is 17.0 Å². The number of thioether (sulfide) groups is 1. The largest absolute Gasteiger partial charge is 0.325 e. The predicted octanol–water partition coefficient (Wildman–Crippen LogP) is 4.91. The first-order chi connectivity index (χ1) is 15.7. The van der Waals surface area contributed by atoms with Crippen LogP contribution in [0.3, 0.4) is 0 Å². The number of benzene rings is 3. The molecule has 0 radical (unpaired) electrons. The second-order valence-corrected chi connectivity index (χ2v) is 7.97. The molecule has 0 saturated heterocycles. The highest BCUT2D eigenvalue weighted by atomic mass is 32.2. The number of rotatable bonds is 8. The van der Waals surface area contributed by atoms with Crippen LogP contribution < -0.4 is 10.6 Å². The zero-order valence-corrected chi connectivity index (χ0v) is 18.1. The number of carbonyl (C=O) groups excluding carboxylic acids is 2. The molecule has 0 aliphatic rings. The number of hydrogen-bond donors (Lipinski definition) is 2. The Labute approximate surface area is 190 Å². The molecule has 0 aliphatic carbocycles. The van der Waals surface area contributed by atoms with Gasteiger partial charge in [0.2, 0.25) is 5.91 Å². The van der Waals surface area contributed by atoms with Gasteiger partial charge in [0.1, 0.15) is 0 Å². The van der Waals surface area contributed by atoms with E-state index in [0.717, 1.165) is 10.7 Å². The molecule has 0 unspecified atom stereocenters. The van der Waals surface area contributed by atoms with Crippen LogP contribution in [0, 0.1) is 0 Å². The van der Waals surface area contributed by atoms with Crippen molar-refractivity contribution in [1.82, 2.24) is 9.55 Å². The van der Waals surface area contributed by atoms with Crippen LogP contribution in [0.2, 0.25) is 0 Å². The Morgan fingerprint density at radius 2 is 1.53 bits per heavy atom. The van der Waals surface area contributed by atoms with Gasteiger partial charge < -0.3 is 15.2 Å². The molecule has 4 aromatic rings. The number of amides is 2. The third kappa shape index (κ3) is 5.65. The van der Waals surface area contributed by atoms with Gasteiger partial charge in [-0.05, 0) is 29.8 Å². The second kappa shape index (κ2) is 10.5. The smallest absolute Gasteiger partial charge is 0.257 e. The number of nitrogens with zero attached hydrogens (tertiary/aromatic N) is 2. The van der Waals surface area contributed by atoms with Crippen LogP contribution in [-0.4, -0.2) is 27.1 Å². The third-order valence-electron chi connectivity index (χ3n) is 4.68. The zero-order valence-electron chi connectivity index (χ0n) is 17.3. The van der Waals surface area contributed by atoms with Crippen molar-refractivity contribution < 1.29 is 9.59 Å². The first-order valence-electron chi connectivity index (χ1n) is 10.1. The molecule has 1 aromatic heterocycles. The molecule has 7 heteroatoms. The number of anilines is 2. The SMILES string of the molecule is O=C(CSc1nccn1Cc1ccccc1)Nc1ccccc1C(=O)Nc1ccccc1. The van der Waals surface area contributed by atoms with Crippen LogP contribution in [-0.2, 0) is 11.3 Å². The average Bonchev–Trinajstić information content (AvgIpc) is 3.26. The van der Waals surface area contributed by atoms with Crippen molar-refractivity contribution >= 4 is 35.0 Å². The van der Waals surface area contributed by atoms with E-state index in [9.17, 15) is 9.59 Å². The Morgan fingerprint density at radius 3 is 2.31 bits per heavy atom. The minimum absolute atomic E-state index is 0.181. The van der Waals surface area contributed by atoms with Crippen molar-refractivity contribution in [1.29, 1.82) is 0 Å². The summed E-state index contributed by atoms with van der Waals surface area (Å²) in [6.45, 7) is 0.688. The monoisotopic (exact) mass is 442 g/mol. The number of nitrogens with one attached hydrogen (secondary N) is 2. The standard InChI is InChI=1S/C25H22N4O2S/c30-23(18-32-25-26-15-16-29(25)17-19-9-3-1-4-10-19)28-22-14-8-7-13-21(22)24(31)27-20-11-5-2-6-12-20/h1-16H,17-18H2,(H,27,31)(H,28,30). The maximum Gasteiger partial charge on any atom is 0.257 e. The topological polar surface area (TPSA) is 76.0 Å². The molecule has 4 rings (SSSR count). The summed E-state index contributed by atoms with van der Waals surface area (Å²) < 4.78 is 2.01. The summed E-state index contributed by atoms with van der Waals surface area (Å²) in [5.41, 5.74) is 2.73. The quantitative estimate of drug-likeness (QED) is 0.380. The lowest BCUT2D eigenvalue weighted by Gasteiger charge is -2.12. The summed E-state index contributed by atoms with van der Waals surface area (Å²) in [5, 5.41) is 6.46. The molecule has 0 spiro atoms. The van der Waals surface area contributed by atoms with Crippen LogP contribution in [0.15, 0.2) is 102 Å². The summed E-state index contributed by atoms with van der Waals surface area (Å²) in [7, 11) is 0. The van der Waals surface area contributed by atoms with Gasteiger partial charge in [-0.2, -0.15) is 0 Å². The molecular weight excluding hydrogens is 420 g/mol. The highest BCUT2D eigenvalue weighted by Crippen LogP contribution is 2.20. The van der Waals surface area contributed by atoms with Crippen LogP contribution in [0.25, 0.3) is 0 Å². The van der Waals surface area contributed by atoms with Gasteiger partial charge in [-0.15, -0.1) is 0 Å². The first kappa shape index (κ1) is 21.4. The van der Waals surface area contributed by atoms with Crippen molar-refractivity contribution in [3.8, 4) is 0 Å². The molecule has 32 heavy (non-hydrogen) atoms. The van der Waals surface area contributed by atoms with Gasteiger partial charge in [-0.3, -0.25) is 9.59 Å². The van der Waals surface area contributed by atoms with E-state index in [1.807, 2.05) is 59.3 Å². The number of aromatic nitrogens is 2. The van der Waals surface area contributed by atoms with Crippen molar-refractivity contribution in [3.05, 3.63) is 108 Å². The minimum Gasteiger partial charge on any atom is -0.325 e. The van der Waals surface area contributed by atoms with Gasteiger partial charge in [0.15, 0.2) is 5.16 Å². The Hall–Kier alpha value is -3.84. The highest BCUT2D eigenvalue weighted by molar-refractivity contribution is 7.99. The fraction of sp³-hybridized carbons (Fsp3) is 0.0800. The van der Waals surface area contributed by atoms with Gasteiger partial charge >= 0.3 is 0 Å². The van der Waals surface area contributed by atoms with Crippen LogP contribution >= 0.6 is 11.8 Å². The second-order valence-electron chi connectivity index (χ2n) is 7.03. The molecule has 0 aliphatic heterocycles. The number of carbonyl (C=O) groups is 2. The molecule has 1 heterocycles. The van der Waals surface area contributed by atoms with Gasteiger partial charge in [0.25, 0.3) is 5.91 Å². The van der Waals surface area contributed by atoms with E-state index in [4.69, 9.17) is 0 Å². The summed E-state index contributed by atoms with van der Waals surface area (Å²) in [6, 6.07) is 26.3. The van der Waals surface area contributed by atoms with E-state index in [-0.39, 0.29) is 17.6 Å².